The van der Waals surface area contributed by atoms with E-state index in [4.69, 9.17) is 0 Å². The summed E-state index contributed by atoms with van der Waals surface area (Å²) in [6.45, 7) is 5.59. The standard InChI is InChI=1S/C22H17F3N4O2S.C3H8/c1-11-14(5-8-19(26-11)22(23,24)25)21(31)27-12-3-7-18(30)15(9-12)20-28-16-6-4-13(32-2)10-17(16)29-20;1-3-2/h3-10,30H,1-2H3,(H,27,31)(H,28,29);3H2,1-2H3. The smallest absolute Gasteiger partial charge is 0.433 e. The van der Waals surface area contributed by atoms with Gasteiger partial charge in [-0.15, -0.1) is 11.8 Å². The van der Waals surface area contributed by atoms with Crippen LogP contribution in [0.1, 0.15) is 42.0 Å². The molecule has 0 spiro atoms. The van der Waals surface area contributed by atoms with E-state index in [0.29, 0.717) is 17.1 Å². The van der Waals surface area contributed by atoms with E-state index in [9.17, 15) is 23.1 Å². The van der Waals surface area contributed by atoms with E-state index in [1.54, 1.807) is 11.8 Å². The maximum absolute atomic E-state index is 12.8. The van der Waals surface area contributed by atoms with Crippen LogP contribution in [0.2, 0.25) is 0 Å². The first-order chi connectivity index (χ1) is 16.6. The van der Waals surface area contributed by atoms with Crippen molar-refractivity contribution in [2.24, 2.45) is 0 Å². The average molecular weight is 503 g/mol. The molecule has 0 radical (unpaired) electrons. The van der Waals surface area contributed by atoms with Gasteiger partial charge in [0.1, 0.15) is 17.3 Å². The number of nitrogens with one attached hydrogen (secondary N) is 2. The average Bonchev–Trinajstić information content (AvgIpc) is 3.23. The number of imidazole rings is 1. The van der Waals surface area contributed by atoms with Crippen LogP contribution in [-0.2, 0) is 6.18 Å². The van der Waals surface area contributed by atoms with Crippen LogP contribution in [0.4, 0.5) is 18.9 Å². The van der Waals surface area contributed by atoms with Gasteiger partial charge in [-0.3, -0.25) is 4.79 Å². The third-order valence-electron chi connectivity index (χ3n) is 4.82. The molecule has 0 saturated carbocycles. The Morgan fingerprint density at radius 2 is 1.80 bits per heavy atom. The lowest BCUT2D eigenvalue weighted by Gasteiger charge is -2.11. The van der Waals surface area contributed by atoms with Gasteiger partial charge >= 0.3 is 6.18 Å². The summed E-state index contributed by atoms with van der Waals surface area (Å²) in [6.07, 6.45) is -1.38. The molecule has 3 N–H and O–H groups in total. The molecule has 0 aliphatic heterocycles. The Hall–Kier alpha value is -3.53. The maximum atomic E-state index is 12.8. The molecule has 2 heterocycles. The number of carbonyl (C=O) groups excluding carboxylic acids is 1. The number of hydrogen-bond acceptors (Lipinski definition) is 5. The number of rotatable bonds is 4. The van der Waals surface area contributed by atoms with Crippen molar-refractivity contribution in [2.75, 3.05) is 11.6 Å². The summed E-state index contributed by atoms with van der Waals surface area (Å²) < 4.78 is 38.4. The van der Waals surface area contributed by atoms with Gasteiger partial charge < -0.3 is 15.4 Å². The first kappa shape index (κ1) is 26.1. The Kier molecular flexibility index (Phi) is 8.06. The fourth-order valence-corrected chi connectivity index (χ4v) is 3.64. The molecule has 184 valence electrons. The van der Waals surface area contributed by atoms with Crippen molar-refractivity contribution in [2.45, 2.75) is 38.3 Å². The van der Waals surface area contributed by atoms with Crippen LogP contribution < -0.4 is 5.32 Å². The highest BCUT2D eigenvalue weighted by Gasteiger charge is 2.33. The van der Waals surface area contributed by atoms with Gasteiger partial charge in [-0.1, -0.05) is 20.3 Å². The van der Waals surface area contributed by atoms with Crippen LogP contribution in [0, 0.1) is 6.92 Å². The Labute approximate surface area is 205 Å². The third-order valence-corrected chi connectivity index (χ3v) is 5.54. The van der Waals surface area contributed by atoms with Crippen LogP contribution in [0.25, 0.3) is 22.4 Å². The summed E-state index contributed by atoms with van der Waals surface area (Å²) in [5.41, 5.74) is 1.14. The minimum atomic E-state index is -4.59. The highest BCUT2D eigenvalue weighted by atomic mass is 32.2. The van der Waals surface area contributed by atoms with Crippen LogP contribution in [0.5, 0.6) is 5.75 Å². The van der Waals surface area contributed by atoms with Gasteiger partial charge in [-0.25, -0.2) is 9.97 Å². The van der Waals surface area contributed by atoms with Crippen molar-refractivity contribution in [1.82, 2.24) is 15.0 Å². The van der Waals surface area contributed by atoms with Gasteiger partial charge in [0.2, 0.25) is 0 Å². The lowest BCUT2D eigenvalue weighted by atomic mass is 10.1. The highest BCUT2D eigenvalue weighted by Crippen LogP contribution is 2.33. The van der Waals surface area contributed by atoms with E-state index in [0.717, 1.165) is 28.1 Å². The zero-order valence-electron chi connectivity index (χ0n) is 19.6. The molecule has 0 bridgehead atoms. The number of pyridine rings is 1. The number of phenolic OH excluding ortho intramolecular Hbond substituents is 1. The largest absolute Gasteiger partial charge is 0.507 e. The number of H-pyrrole nitrogens is 1. The van der Waals surface area contributed by atoms with Crippen LogP contribution in [0.3, 0.4) is 0 Å². The van der Waals surface area contributed by atoms with Gasteiger partial charge in [-0.2, -0.15) is 13.2 Å². The van der Waals surface area contributed by atoms with E-state index in [1.165, 1.54) is 31.5 Å². The third kappa shape index (κ3) is 6.13. The molecule has 35 heavy (non-hydrogen) atoms. The minimum absolute atomic E-state index is 0.0148. The summed E-state index contributed by atoms with van der Waals surface area (Å²) >= 11 is 1.59. The number of anilines is 1. The van der Waals surface area contributed by atoms with Crippen LogP contribution >= 0.6 is 11.8 Å². The molecule has 1 amide bonds. The van der Waals surface area contributed by atoms with E-state index in [2.05, 4.69) is 34.1 Å². The monoisotopic (exact) mass is 502 g/mol. The Bertz CT molecular complexity index is 1350. The van der Waals surface area contributed by atoms with Crippen molar-refractivity contribution in [3.63, 3.8) is 0 Å². The number of aryl methyl sites for hydroxylation is 1. The molecule has 0 aliphatic carbocycles. The fourth-order valence-electron chi connectivity index (χ4n) is 3.20. The van der Waals surface area contributed by atoms with E-state index in [-0.39, 0.29) is 17.0 Å². The summed E-state index contributed by atoms with van der Waals surface area (Å²) in [5, 5.41) is 13.0. The normalized spacial score (nSPS) is 11.2. The van der Waals surface area contributed by atoms with Gasteiger partial charge in [0.05, 0.1) is 27.9 Å². The van der Waals surface area contributed by atoms with Gasteiger partial charge in [0, 0.05) is 10.6 Å². The van der Waals surface area contributed by atoms with Crippen molar-refractivity contribution in [3.05, 3.63) is 65.5 Å². The molecule has 6 nitrogen and oxygen atoms in total. The molecule has 10 heteroatoms. The highest BCUT2D eigenvalue weighted by molar-refractivity contribution is 7.98. The number of halogens is 3. The van der Waals surface area contributed by atoms with E-state index < -0.39 is 17.8 Å². The topological polar surface area (TPSA) is 90.9 Å². The molecule has 0 aliphatic rings. The predicted molar refractivity (Wildman–Crippen MR) is 133 cm³/mol. The van der Waals surface area contributed by atoms with Gasteiger partial charge in [-0.05, 0) is 61.7 Å². The number of aromatic nitrogens is 3. The summed E-state index contributed by atoms with van der Waals surface area (Å²) in [7, 11) is 0. The summed E-state index contributed by atoms with van der Waals surface area (Å²) in [4.78, 5) is 24.8. The Balaban J connectivity index is 0.00000108. The molecule has 2 aromatic heterocycles. The quantitative estimate of drug-likeness (QED) is 0.206. The fraction of sp³-hybridized carbons (Fsp3) is 0.240. The molecule has 0 atom stereocenters. The molecule has 2 aromatic carbocycles. The van der Waals surface area contributed by atoms with Crippen molar-refractivity contribution >= 4 is 34.4 Å². The number of carbonyl (C=O) groups is 1. The zero-order valence-corrected chi connectivity index (χ0v) is 20.4. The number of benzene rings is 2. The number of alkyl halides is 3. The molecular weight excluding hydrogens is 477 g/mol. The Morgan fingerprint density at radius 1 is 1.09 bits per heavy atom. The predicted octanol–water partition coefficient (Wildman–Crippen LogP) is 7.05. The van der Waals surface area contributed by atoms with Gasteiger partial charge in [0.15, 0.2) is 0 Å². The second-order valence-corrected chi connectivity index (χ2v) is 8.57. The number of aromatic amines is 1. The van der Waals surface area contributed by atoms with Crippen molar-refractivity contribution in [1.29, 1.82) is 0 Å². The van der Waals surface area contributed by atoms with Crippen LogP contribution in [-0.4, -0.2) is 32.2 Å². The number of fused-ring (bicyclic) bond motifs is 1. The lowest BCUT2D eigenvalue weighted by Crippen LogP contribution is -2.16. The minimum Gasteiger partial charge on any atom is -0.507 e. The number of amides is 1. The zero-order chi connectivity index (χ0) is 25.8. The summed E-state index contributed by atoms with van der Waals surface area (Å²) in [5.74, 6) is -0.242. The number of phenols is 1. The number of hydrogen-bond donors (Lipinski definition) is 3. The number of thioether (sulfide) groups is 1. The SMILES string of the molecule is CCC.CSc1ccc2nc(-c3cc(NC(=O)c4ccc(C(F)(F)F)nc4C)ccc3O)[nH]c2c1. The van der Waals surface area contributed by atoms with E-state index in [1.807, 2.05) is 24.5 Å². The lowest BCUT2D eigenvalue weighted by molar-refractivity contribution is -0.141. The molecule has 0 saturated heterocycles. The second kappa shape index (κ2) is 10.8. The second-order valence-electron chi connectivity index (χ2n) is 7.69. The van der Waals surface area contributed by atoms with Gasteiger partial charge in [0.25, 0.3) is 5.91 Å². The first-order valence-corrected chi connectivity index (χ1v) is 12.0. The molecule has 4 aromatic rings. The molecular formula is C25H25F3N4O2S. The first-order valence-electron chi connectivity index (χ1n) is 10.8. The molecule has 4 rings (SSSR count). The maximum Gasteiger partial charge on any atom is 0.433 e. The van der Waals surface area contributed by atoms with E-state index >= 15 is 0 Å². The number of nitrogens with zero attached hydrogens (tertiary/aromatic N) is 2. The molecule has 0 unspecified atom stereocenters. The molecule has 0 fully saturated rings. The van der Waals surface area contributed by atoms with Crippen molar-refractivity contribution < 1.29 is 23.1 Å². The number of aromatic hydroxyl groups is 1. The Morgan fingerprint density at radius 3 is 2.43 bits per heavy atom. The van der Waals surface area contributed by atoms with Crippen molar-refractivity contribution in [3.8, 4) is 17.1 Å². The van der Waals surface area contributed by atoms with Crippen LogP contribution in [0.15, 0.2) is 53.4 Å². The summed E-state index contributed by atoms with van der Waals surface area (Å²) in [6, 6.07) is 12.0.